The third kappa shape index (κ3) is 4.18. The first kappa shape index (κ1) is 23.8. The van der Waals surface area contributed by atoms with Crippen LogP contribution in [0, 0.1) is 23.7 Å². The first-order valence-corrected chi connectivity index (χ1v) is 14.3. The van der Waals surface area contributed by atoms with Gasteiger partial charge in [-0.05, 0) is 91.9 Å². The van der Waals surface area contributed by atoms with Crippen molar-refractivity contribution in [1.29, 1.82) is 0 Å². The highest BCUT2D eigenvalue weighted by molar-refractivity contribution is 5.91. The largest absolute Gasteiger partial charge is 0.446 e. The molecule has 2 heterocycles. The first-order valence-electron chi connectivity index (χ1n) is 14.3. The van der Waals surface area contributed by atoms with Gasteiger partial charge >= 0.3 is 6.09 Å². The summed E-state index contributed by atoms with van der Waals surface area (Å²) in [6, 6.07) is 16.4. The zero-order valence-electron chi connectivity index (χ0n) is 22.1. The van der Waals surface area contributed by atoms with Crippen LogP contribution in [0.15, 0.2) is 54.7 Å². The minimum absolute atomic E-state index is 0.0166. The van der Waals surface area contributed by atoms with Crippen LogP contribution in [-0.4, -0.2) is 40.1 Å². The van der Waals surface area contributed by atoms with E-state index in [1.54, 1.807) is 0 Å². The molecule has 1 aliphatic heterocycles. The summed E-state index contributed by atoms with van der Waals surface area (Å²) in [7, 11) is 0. The molecule has 1 aromatic heterocycles. The van der Waals surface area contributed by atoms with Crippen LogP contribution in [0.5, 0.6) is 0 Å². The average molecular weight is 512 g/mol. The van der Waals surface area contributed by atoms with Crippen molar-refractivity contribution >= 4 is 22.9 Å². The second-order valence-electron chi connectivity index (χ2n) is 12.5. The van der Waals surface area contributed by atoms with E-state index in [9.17, 15) is 9.59 Å². The topological polar surface area (TPSA) is 74.4 Å². The maximum absolute atomic E-state index is 14.2. The molecular weight excluding hydrogens is 474 g/mol. The van der Waals surface area contributed by atoms with Crippen molar-refractivity contribution in [2.45, 2.75) is 70.1 Å². The Morgan fingerprint density at radius 1 is 0.974 bits per heavy atom. The number of alkyl carbamates (subject to hydrolysis) is 1. The molecule has 3 aromatic rings. The fourth-order valence-electron chi connectivity index (χ4n) is 8.30. The molecule has 1 atom stereocenters. The zero-order valence-corrected chi connectivity index (χ0v) is 22.1. The minimum Gasteiger partial charge on any atom is -0.446 e. The van der Waals surface area contributed by atoms with Crippen molar-refractivity contribution in [3.8, 4) is 0 Å². The third-order valence-electron chi connectivity index (χ3n) is 9.87. The molecular formula is C32H37N3O3. The normalized spacial score (nSPS) is 29.1. The lowest BCUT2D eigenvalue weighted by atomic mass is 9.55. The van der Waals surface area contributed by atoms with Gasteiger partial charge in [0.25, 0.3) is 0 Å². The molecule has 5 aliphatic rings. The number of H-pyrrole nitrogens is 1. The summed E-state index contributed by atoms with van der Waals surface area (Å²) in [6.07, 6.45) is 8.82. The van der Waals surface area contributed by atoms with Crippen molar-refractivity contribution in [2.75, 3.05) is 6.54 Å². The summed E-state index contributed by atoms with van der Waals surface area (Å²) in [4.78, 5) is 33.0. The first-order chi connectivity index (χ1) is 18.4. The van der Waals surface area contributed by atoms with Crippen LogP contribution in [0.1, 0.15) is 55.7 Å². The van der Waals surface area contributed by atoms with Gasteiger partial charge in [-0.1, -0.05) is 42.5 Å². The molecule has 0 saturated heterocycles. The lowest BCUT2D eigenvalue weighted by Crippen LogP contribution is -2.61. The number of nitrogens with one attached hydrogen (secondary N) is 2. The highest BCUT2D eigenvalue weighted by Gasteiger charge is 2.50. The molecule has 2 amide bonds. The Kier molecular flexibility index (Phi) is 5.75. The van der Waals surface area contributed by atoms with E-state index in [4.69, 9.17) is 4.74 Å². The summed E-state index contributed by atoms with van der Waals surface area (Å²) in [5, 5.41) is 4.19. The molecule has 2 aromatic carbocycles. The van der Waals surface area contributed by atoms with Crippen LogP contribution in [0.2, 0.25) is 0 Å². The van der Waals surface area contributed by atoms with Gasteiger partial charge in [0.2, 0.25) is 5.91 Å². The highest BCUT2D eigenvalue weighted by atomic mass is 16.6. The van der Waals surface area contributed by atoms with Crippen LogP contribution in [0.4, 0.5) is 4.79 Å². The number of aromatic nitrogens is 1. The van der Waals surface area contributed by atoms with Gasteiger partial charge in [0, 0.05) is 36.6 Å². The lowest BCUT2D eigenvalue weighted by Gasteiger charge is -2.53. The van der Waals surface area contributed by atoms with Crippen molar-refractivity contribution in [3.63, 3.8) is 0 Å². The van der Waals surface area contributed by atoms with E-state index < -0.39 is 11.6 Å². The Bertz CT molecular complexity index is 1350. The van der Waals surface area contributed by atoms with Gasteiger partial charge < -0.3 is 19.9 Å². The summed E-state index contributed by atoms with van der Waals surface area (Å²) >= 11 is 0. The number of ether oxygens (including phenoxy) is 1. The van der Waals surface area contributed by atoms with Crippen LogP contribution in [-0.2, 0) is 28.9 Å². The Morgan fingerprint density at radius 2 is 1.66 bits per heavy atom. The van der Waals surface area contributed by atoms with E-state index in [0.717, 1.165) is 34.7 Å². The smallest absolute Gasteiger partial charge is 0.408 e. The molecule has 6 heteroatoms. The number of fused-ring (bicyclic) bond motifs is 2. The molecule has 2 N–H and O–H groups in total. The van der Waals surface area contributed by atoms with Crippen LogP contribution in [0.25, 0.3) is 10.9 Å². The number of benzene rings is 2. The van der Waals surface area contributed by atoms with E-state index in [0.29, 0.717) is 31.3 Å². The Balaban J connectivity index is 1.14. The Labute approximate surface area is 224 Å². The van der Waals surface area contributed by atoms with Gasteiger partial charge in [-0.15, -0.1) is 0 Å². The van der Waals surface area contributed by atoms with Crippen molar-refractivity contribution < 1.29 is 14.3 Å². The van der Waals surface area contributed by atoms with Gasteiger partial charge in [-0.3, -0.25) is 4.79 Å². The molecule has 8 rings (SSSR count). The van der Waals surface area contributed by atoms with Crippen molar-refractivity contribution in [2.24, 2.45) is 23.7 Å². The molecule has 6 nitrogen and oxygen atoms in total. The molecule has 0 radical (unpaired) electrons. The number of aromatic amines is 1. The number of hydrogen-bond donors (Lipinski definition) is 2. The standard InChI is InChI=1S/C32H37N3O3/c1-32(17-26-18-33-28-9-5-4-8-27(26)28,30(36)35-11-10-22-6-2-3-7-23(22)19-35)34-31(37)38-29-24-13-20-12-21(15-24)16-25(29)14-20/h2-9,18,20-21,24-25,29,33H,10-17,19H2,1H3,(H,34,37)/t20?,21?,24?,25?,29?,32-/m1/s1. The second kappa shape index (κ2) is 9.18. The SMILES string of the molecule is C[C@](Cc1c[nH]c2ccccc12)(NC(=O)OC1C2CC3CC(C2)CC1C3)C(=O)N1CCc2ccccc2C1. The number of rotatable bonds is 5. The van der Waals surface area contributed by atoms with Crippen LogP contribution in [0.3, 0.4) is 0 Å². The zero-order chi connectivity index (χ0) is 25.9. The van der Waals surface area contributed by atoms with E-state index >= 15 is 0 Å². The second-order valence-corrected chi connectivity index (χ2v) is 12.5. The van der Waals surface area contributed by atoms with Gasteiger partial charge in [0.1, 0.15) is 11.6 Å². The Hall–Kier alpha value is -3.28. The fourth-order valence-corrected chi connectivity index (χ4v) is 8.30. The average Bonchev–Trinajstić information content (AvgIpc) is 3.32. The molecule has 38 heavy (non-hydrogen) atoms. The number of amides is 2. The predicted octanol–water partition coefficient (Wildman–Crippen LogP) is 5.60. The molecule has 198 valence electrons. The molecule has 4 aliphatic carbocycles. The van der Waals surface area contributed by atoms with E-state index in [2.05, 4.69) is 34.6 Å². The predicted molar refractivity (Wildman–Crippen MR) is 146 cm³/mol. The number of para-hydroxylation sites is 1. The summed E-state index contributed by atoms with van der Waals surface area (Å²) in [5.74, 6) is 2.53. The summed E-state index contributed by atoms with van der Waals surface area (Å²) in [5.41, 5.74) is 3.39. The van der Waals surface area contributed by atoms with E-state index in [-0.39, 0.29) is 12.0 Å². The number of hydrogen-bond acceptors (Lipinski definition) is 3. The number of carbonyl (C=O) groups is 2. The number of nitrogens with zero attached hydrogens (tertiary/aromatic N) is 1. The molecule has 0 unspecified atom stereocenters. The van der Waals surface area contributed by atoms with E-state index in [1.165, 1.54) is 43.2 Å². The number of carbonyl (C=O) groups excluding carboxylic acids is 2. The maximum Gasteiger partial charge on any atom is 0.408 e. The van der Waals surface area contributed by atoms with E-state index in [1.807, 2.05) is 42.3 Å². The van der Waals surface area contributed by atoms with Crippen LogP contribution < -0.4 is 5.32 Å². The molecule has 4 bridgehead atoms. The molecule has 4 fully saturated rings. The highest BCUT2D eigenvalue weighted by Crippen LogP contribution is 2.54. The van der Waals surface area contributed by atoms with Gasteiger partial charge in [-0.25, -0.2) is 4.79 Å². The van der Waals surface area contributed by atoms with Gasteiger partial charge in [-0.2, -0.15) is 0 Å². The van der Waals surface area contributed by atoms with Crippen molar-refractivity contribution in [1.82, 2.24) is 15.2 Å². The summed E-state index contributed by atoms with van der Waals surface area (Å²) in [6.45, 7) is 3.08. The fraction of sp³-hybridized carbons (Fsp3) is 0.500. The quantitative estimate of drug-likeness (QED) is 0.468. The summed E-state index contributed by atoms with van der Waals surface area (Å²) < 4.78 is 6.19. The minimum atomic E-state index is -1.12. The molecule has 0 spiro atoms. The maximum atomic E-state index is 14.2. The molecule has 4 saturated carbocycles. The Morgan fingerprint density at radius 3 is 2.42 bits per heavy atom. The monoisotopic (exact) mass is 511 g/mol. The lowest BCUT2D eigenvalue weighted by molar-refractivity contribution is -0.139. The third-order valence-corrected chi connectivity index (χ3v) is 9.87. The van der Waals surface area contributed by atoms with Crippen molar-refractivity contribution in [3.05, 3.63) is 71.4 Å². The van der Waals surface area contributed by atoms with Gasteiger partial charge in [0.05, 0.1) is 0 Å². The van der Waals surface area contributed by atoms with Gasteiger partial charge in [0.15, 0.2) is 0 Å². The van der Waals surface area contributed by atoms with Crippen LogP contribution >= 0.6 is 0 Å².